The van der Waals surface area contributed by atoms with Crippen LogP contribution in [-0.4, -0.2) is 41.8 Å². The van der Waals surface area contributed by atoms with Gasteiger partial charge >= 0.3 is 0 Å². The number of hydrogen-bond donors (Lipinski definition) is 4. The number of hydrogen-bond acceptors (Lipinski definition) is 5. The second-order valence-corrected chi connectivity index (χ2v) is 8.11. The van der Waals surface area contributed by atoms with E-state index >= 15 is 0 Å². The normalized spacial score (nSPS) is 12.2. The number of rotatable bonds is 12. The summed E-state index contributed by atoms with van der Waals surface area (Å²) in [6.45, 7) is 3.29. The van der Waals surface area contributed by atoms with E-state index in [0.717, 1.165) is 17.2 Å². The second-order valence-electron chi connectivity index (χ2n) is 8.11. The second kappa shape index (κ2) is 13.1. The van der Waals surface area contributed by atoms with Gasteiger partial charge in [0, 0.05) is 32.4 Å². The molecule has 0 aliphatic rings. The van der Waals surface area contributed by atoms with Crippen molar-refractivity contribution < 1.29 is 28.0 Å². The Labute approximate surface area is 202 Å². The molecule has 0 spiro atoms. The van der Waals surface area contributed by atoms with Crippen LogP contribution in [0.1, 0.15) is 36.5 Å². The number of amides is 3. The van der Waals surface area contributed by atoms with Crippen LogP contribution in [0.15, 0.2) is 42.5 Å². The molecule has 0 saturated carbocycles. The molecule has 3 amide bonds. The molecule has 2 aromatic rings. The molecule has 0 aromatic heterocycles. The number of benzene rings is 2. The van der Waals surface area contributed by atoms with Gasteiger partial charge in [-0.25, -0.2) is 8.78 Å². The van der Waals surface area contributed by atoms with Crippen LogP contribution in [0.5, 0.6) is 0 Å². The standard InChI is InChI=1S/C25H28F2N4O4/c1-15-3-5-17(6-4-15)14-29-24(34)22(10-9-20(33)13-28)31-25(35)23(30-16(2)32)11-18-7-8-19(26)12-21(18)27/h3-8,12-13,22-23,28H,9-11,14H2,1-2H3,(H,29,34)(H,30,32)(H,31,35)/t22-,23-/m0/s1. The molecule has 35 heavy (non-hydrogen) atoms. The summed E-state index contributed by atoms with van der Waals surface area (Å²) in [6.07, 6.45) is 0.0936. The molecule has 0 unspecified atom stereocenters. The van der Waals surface area contributed by atoms with E-state index in [1.54, 1.807) is 0 Å². The number of carbonyl (C=O) groups excluding carboxylic acids is 4. The Bertz CT molecular complexity index is 1090. The van der Waals surface area contributed by atoms with Crippen LogP contribution >= 0.6 is 0 Å². The molecular formula is C25H28F2N4O4. The van der Waals surface area contributed by atoms with Crippen molar-refractivity contribution in [1.82, 2.24) is 16.0 Å². The maximum absolute atomic E-state index is 14.1. The van der Waals surface area contributed by atoms with E-state index < -0.39 is 47.2 Å². The van der Waals surface area contributed by atoms with Crippen molar-refractivity contribution in [2.24, 2.45) is 0 Å². The Hall–Kier alpha value is -3.95. The summed E-state index contributed by atoms with van der Waals surface area (Å²) in [5.41, 5.74) is 1.88. The van der Waals surface area contributed by atoms with Crippen LogP contribution < -0.4 is 16.0 Å². The molecule has 10 heteroatoms. The van der Waals surface area contributed by atoms with E-state index in [1.807, 2.05) is 31.2 Å². The minimum absolute atomic E-state index is 0.000318. The monoisotopic (exact) mass is 486 g/mol. The van der Waals surface area contributed by atoms with E-state index in [1.165, 1.54) is 13.0 Å². The number of ketones is 1. The van der Waals surface area contributed by atoms with Gasteiger partial charge in [0.1, 0.15) is 23.7 Å². The number of aryl methyl sites for hydroxylation is 1. The zero-order chi connectivity index (χ0) is 26.0. The Morgan fingerprint density at radius 3 is 2.26 bits per heavy atom. The zero-order valence-corrected chi connectivity index (χ0v) is 19.5. The lowest BCUT2D eigenvalue weighted by Crippen LogP contribution is -2.54. The molecule has 0 bridgehead atoms. The fraction of sp³-hybridized carbons (Fsp3) is 0.320. The summed E-state index contributed by atoms with van der Waals surface area (Å²) >= 11 is 0. The highest BCUT2D eigenvalue weighted by atomic mass is 19.1. The molecule has 2 rings (SSSR count). The highest BCUT2D eigenvalue weighted by Crippen LogP contribution is 2.13. The highest BCUT2D eigenvalue weighted by Gasteiger charge is 2.27. The van der Waals surface area contributed by atoms with Gasteiger partial charge in [-0.2, -0.15) is 0 Å². The summed E-state index contributed by atoms with van der Waals surface area (Å²) in [7, 11) is 0. The van der Waals surface area contributed by atoms with E-state index in [4.69, 9.17) is 5.41 Å². The van der Waals surface area contributed by atoms with Crippen LogP contribution in [0.25, 0.3) is 0 Å². The SMILES string of the molecule is CC(=O)N[C@@H](Cc1ccc(F)cc1F)C(=O)N[C@@H](CCC(=O)C=N)C(=O)NCc1ccc(C)cc1. The fourth-order valence-corrected chi connectivity index (χ4v) is 3.28. The van der Waals surface area contributed by atoms with E-state index in [2.05, 4.69) is 16.0 Å². The van der Waals surface area contributed by atoms with Crippen LogP contribution in [0.4, 0.5) is 8.78 Å². The van der Waals surface area contributed by atoms with Gasteiger partial charge < -0.3 is 21.4 Å². The van der Waals surface area contributed by atoms with Crippen LogP contribution in [0.3, 0.4) is 0 Å². The van der Waals surface area contributed by atoms with Crippen LogP contribution in [0, 0.1) is 24.0 Å². The molecule has 0 radical (unpaired) electrons. The largest absolute Gasteiger partial charge is 0.350 e. The molecule has 2 aromatic carbocycles. The summed E-state index contributed by atoms with van der Waals surface area (Å²) in [5.74, 6) is -4.09. The zero-order valence-electron chi connectivity index (χ0n) is 19.5. The Kier molecular flexibility index (Phi) is 10.2. The first kappa shape index (κ1) is 27.3. The van der Waals surface area contributed by atoms with Crippen LogP contribution in [-0.2, 0) is 32.1 Å². The first-order valence-electron chi connectivity index (χ1n) is 11.0. The molecule has 0 saturated heterocycles. The van der Waals surface area contributed by atoms with Gasteiger partial charge in [-0.15, -0.1) is 0 Å². The topological polar surface area (TPSA) is 128 Å². The lowest BCUT2D eigenvalue weighted by Gasteiger charge is -2.23. The highest BCUT2D eigenvalue weighted by molar-refractivity contribution is 6.26. The molecule has 2 atom stereocenters. The first-order valence-corrected chi connectivity index (χ1v) is 11.0. The van der Waals surface area contributed by atoms with E-state index in [-0.39, 0.29) is 31.4 Å². The molecule has 0 aliphatic carbocycles. The predicted octanol–water partition coefficient (Wildman–Crippen LogP) is 2.12. The van der Waals surface area contributed by atoms with Crippen molar-refractivity contribution in [3.63, 3.8) is 0 Å². The molecule has 0 fully saturated rings. The van der Waals surface area contributed by atoms with E-state index in [9.17, 15) is 28.0 Å². The lowest BCUT2D eigenvalue weighted by atomic mass is 10.0. The average molecular weight is 487 g/mol. The molecule has 0 heterocycles. The summed E-state index contributed by atoms with van der Waals surface area (Å²) in [4.78, 5) is 49.1. The Balaban J connectivity index is 2.16. The van der Waals surface area contributed by atoms with Crippen LogP contribution in [0.2, 0.25) is 0 Å². The number of carbonyl (C=O) groups is 4. The van der Waals surface area contributed by atoms with Gasteiger partial charge in [-0.1, -0.05) is 35.9 Å². The smallest absolute Gasteiger partial charge is 0.243 e. The maximum Gasteiger partial charge on any atom is 0.243 e. The van der Waals surface area contributed by atoms with Crippen molar-refractivity contribution >= 4 is 29.7 Å². The number of Topliss-reactive ketones (excluding diaryl/α,β-unsaturated/α-hetero) is 1. The lowest BCUT2D eigenvalue weighted by molar-refractivity contribution is -0.132. The Morgan fingerprint density at radius 2 is 1.66 bits per heavy atom. The van der Waals surface area contributed by atoms with Gasteiger partial charge in [0.25, 0.3) is 0 Å². The average Bonchev–Trinajstić information content (AvgIpc) is 2.81. The summed E-state index contributed by atoms with van der Waals surface area (Å²) in [6, 6.07) is 7.92. The minimum atomic E-state index is -1.25. The van der Waals surface area contributed by atoms with Gasteiger partial charge in [0.05, 0.1) is 6.21 Å². The summed E-state index contributed by atoms with van der Waals surface area (Å²) in [5, 5.41) is 14.7. The molecule has 4 N–H and O–H groups in total. The molecule has 0 aliphatic heterocycles. The quantitative estimate of drug-likeness (QED) is 0.343. The van der Waals surface area contributed by atoms with Gasteiger partial charge in [0.2, 0.25) is 17.7 Å². The van der Waals surface area contributed by atoms with Crippen molar-refractivity contribution in [2.45, 2.75) is 51.7 Å². The van der Waals surface area contributed by atoms with Gasteiger partial charge in [-0.05, 0) is 30.5 Å². The van der Waals surface area contributed by atoms with Crippen molar-refractivity contribution in [3.05, 3.63) is 70.8 Å². The van der Waals surface area contributed by atoms with Crippen molar-refractivity contribution in [3.8, 4) is 0 Å². The minimum Gasteiger partial charge on any atom is -0.350 e. The number of halogens is 2. The molecular weight excluding hydrogens is 458 g/mol. The third-order valence-corrected chi connectivity index (χ3v) is 5.19. The fourth-order valence-electron chi connectivity index (χ4n) is 3.28. The first-order chi connectivity index (χ1) is 16.6. The third-order valence-electron chi connectivity index (χ3n) is 5.19. The summed E-state index contributed by atoms with van der Waals surface area (Å²) < 4.78 is 27.4. The van der Waals surface area contributed by atoms with Gasteiger partial charge in [-0.3, -0.25) is 19.2 Å². The van der Waals surface area contributed by atoms with Crippen molar-refractivity contribution in [2.75, 3.05) is 0 Å². The Morgan fingerprint density at radius 1 is 0.971 bits per heavy atom. The molecule has 8 nitrogen and oxygen atoms in total. The third kappa shape index (κ3) is 9.07. The van der Waals surface area contributed by atoms with E-state index in [0.29, 0.717) is 12.3 Å². The van der Waals surface area contributed by atoms with Gasteiger partial charge in [0.15, 0.2) is 5.78 Å². The molecule has 186 valence electrons. The van der Waals surface area contributed by atoms with Crippen molar-refractivity contribution in [1.29, 1.82) is 5.41 Å². The maximum atomic E-state index is 14.1. The number of nitrogens with one attached hydrogen (secondary N) is 4. The predicted molar refractivity (Wildman–Crippen MR) is 126 cm³/mol.